The molecule has 3 aromatic rings. The summed E-state index contributed by atoms with van der Waals surface area (Å²) in [7, 11) is 8.27. The first kappa shape index (κ1) is 21.9. The maximum absolute atomic E-state index is 6.80. The van der Waals surface area contributed by atoms with E-state index in [1.807, 2.05) is 0 Å². The molecular weight excluding hydrogens is 368 g/mol. The quantitative estimate of drug-likeness (QED) is 0.326. The van der Waals surface area contributed by atoms with Crippen LogP contribution in [0.2, 0.25) is 0 Å². The maximum Gasteiger partial charge on any atom is 0.143 e. The molecule has 0 radical (unpaired) electrons. The van der Waals surface area contributed by atoms with Crippen molar-refractivity contribution in [2.45, 2.75) is 25.4 Å². The molecule has 3 nitrogen and oxygen atoms in total. The second-order valence-corrected chi connectivity index (χ2v) is 8.13. The highest BCUT2D eigenvalue weighted by Crippen LogP contribution is 2.41. The summed E-state index contributed by atoms with van der Waals surface area (Å²) in [5, 5.41) is 0. The highest BCUT2D eigenvalue weighted by Gasteiger charge is 2.37. The monoisotopic (exact) mass is 402 g/mol. The van der Waals surface area contributed by atoms with E-state index in [2.05, 4.69) is 124 Å². The minimum atomic E-state index is -0.647. The van der Waals surface area contributed by atoms with E-state index in [-0.39, 0.29) is 0 Å². The van der Waals surface area contributed by atoms with Crippen LogP contribution in [-0.4, -0.2) is 34.8 Å². The summed E-state index contributed by atoms with van der Waals surface area (Å²) < 4.78 is 6.80. The van der Waals surface area contributed by atoms with E-state index in [1.54, 1.807) is 0 Å². The molecule has 0 aliphatic carbocycles. The molecule has 0 aliphatic heterocycles. The number of rotatable bonds is 9. The molecule has 0 spiro atoms. The second-order valence-electron chi connectivity index (χ2n) is 8.13. The number of nitrogens with zero attached hydrogens (tertiary/aromatic N) is 2. The molecule has 0 atom stereocenters. The number of ether oxygens (including phenoxy) is 1. The van der Waals surface area contributed by atoms with Crippen LogP contribution < -0.4 is 9.80 Å². The first-order chi connectivity index (χ1) is 14.5. The van der Waals surface area contributed by atoms with Gasteiger partial charge in [-0.1, -0.05) is 67.9 Å². The minimum Gasteiger partial charge on any atom is -0.378 e. The van der Waals surface area contributed by atoms with Gasteiger partial charge >= 0.3 is 0 Å². The molecule has 0 fully saturated rings. The Hall–Kier alpha value is -2.78. The van der Waals surface area contributed by atoms with Crippen LogP contribution in [0.1, 0.15) is 36.5 Å². The van der Waals surface area contributed by atoms with Gasteiger partial charge in [0.15, 0.2) is 0 Å². The molecule has 3 aromatic carbocycles. The summed E-state index contributed by atoms with van der Waals surface area (Å²) >= 11 is 0. The summed E-state index contributed by atoms with van der Waals surface area (Å²) in [6.07, 6.45) is 2.13. The van der Waals surface area contributed by atoms with Crippen molar-refractivity contribution < 1.29 is 4.74 Å². The van der Waals surface area contributed by atoms with Gasteiger partial charge in [-0.25, -0.2) is 0 Å². The van der Waals surface area contributed by atoms with Crippen molar-refractivity contribution in [1.82, 2.24) is 0 Å². The van der Waals surface area contributed by atoms with E-state index < -0.39 is 5.60 Å². The topological polar surface area (TPSA) is 15.7 Å². The Balaban J connectivity index is 2.20. The third-order valence-electron chi connectivity index (χ3n) is 5.58. The van der Waals surface area contributed by atoms with Gasteiger partial charge in [0.25, 0.3) is 0 Å². The standard InChI is InChI=1S/C27H34N2O/c1-6-7-21-30-27(22-11-9-8-10-12-22,23-13-17-25(18-14-23)28(2)3)24-15-19-26(20-16-24)29(4)5/h8-20H,6-7,21H2,1-5H3. The number of benzene rings is 3. The van der Waals surface area contributed by atoms with Crippen LogP contribution in [0, 0.1) is 0 Å². The Bertz CT molecular complexity index is 848. The number of hydrogen-bond donors (Lipinski definition) is 0. The highest BCUT2D eigenvalue weighted by molar-refractivity contribution is 5.55. The van der Waals surface area contributed by atoms with Crippen LogP contribution in [0.4, 0.5) is 11.4 Å². The van der Waals surface area contributed by atoms with Gasteiger partial charge in [0.05, 0.1) is 0 Å². The van der Waals surface area contributed by atoms with Gasteiger partial charge in [-0.15, -0.1) is 0 Å². The third kappa shape index (κ3) is 4.52. The van der Waals surface area contributed by atoms with Gasteiger partial charge in [0.1, 0.15) is 5.60 Å². The summed E-state index contributed by atoms with van der Waals surface area (Å²) in [6.45, 7) is 2.90. The zero-order chi connectivity index (χ0) is 21.6. The van der Waals surface area contributed by atoms with Gasteiger partial charge in [-0.3, -0.25) is 0 Å². The predicted molar refractivity (Wildman–Crippen MR) is 129 cm³/mol. The molecule has 0 amide bonds. The predicted octanol–water partition coefficient (Wildman–Crippen LogP) is 5.93. The Morgan fingerprint density at radius 2 is 1.07 bits per heavy atom. The van der Waals surface area contributed by atoms with Gasteiger partial charge in [-0.2, -0.15) is 0 Å². The molecule has 3 rings (SSSR count). The Morgan fingerprint density at radius 3 is 1.47 bits per heavy atom. The van der Waals surface area contributed by atoms with Crippen molar-refractivity contribution in [3.63, 3.8) is 0 Å². The molecule has 0 heterocycles. The molecular formula is C27H34N2O. The summed E-state index contributed by atoms with van der Waals surface area (Å²) in [4.78, 5) is 4.25. The molecule has 0 aromatic heterocycles. The SMILES string of the molecule is CCCCOC(c1ccccc1)(c1ccc(N(C)C)cc1)c1ccc(N(C)C)cc1. The first-order valence-electron chi connectivity index (χ1n) is 10.7. The average Bonchev–Trinajstić information content (AvgIpc) is 2.78. The van der Waals surface area contributed by atoms with E-state index in [4.69, 9.17) is 4.74 Å². The number of hydrogen-bond acceptors (Lipinski definition) is 3. The maximum atomic E-state index is 6.80. The van der Waals surface area contributed by atoms with Crippen LogP contribution in [-0.2, 0) is 10.3 Å². The normalized spacial score (nSPS) is 11.4. The van der Waals surface area contributed by atoms with E-state index in [0.717, 1.165) is 29.5 Å². The zero-order valence-corrected chi connectivity index (χ0v) is 18.9. The van der Waals surface area contributed by atoms with Crippen LogP contribution in [0.15, 0.2) is 78.9 Å². The Labute approximate surface area is 181 Å². The van der Waals surface area contributed by atoms with Crippen molar-refractivity contribution in [3.05, 3.63) is 95.6 Å². The van der Waals surface area contributed by atoms with Crippen LogP contribution >= 0.6 is 0 Å². The smallest absolute Gasteiger partial charge is 0.143 e. The van der Waals surface area contributed by atoms with Crippen LogP contribution in [0.5, 0.6) is 0 Å². The molecule has 0 bridgehead atoms. The zero-order valence-electron chi connectivity index (χ0n) is 18.9. The van der Waals surface area contributed by atoms with Gasteiger partial charge in [0.2, 0.25) is 0 Å². The fourth-order valence-corrected chi connectivity index (χ4v) is 3.78. The fraction of sp³-hybridized carbons (Fsp3) is 0.333. The third-order valence-corrected chi connectivity index (χ3v) is 5.58. The van der Waals surface area contributed by atoms with Crippen molar-refractivity contribution in [1.29, 1.82) is 0 Å². The molecule has 0 saturated carbocycles. The lowest BCUT2D eigenvalue weighted by Crippen LogP contribution is -2.33. The lowest BCUT2D eigenvalue weighted by molar-refractivity contribution is 0.0113. The Morgan fingerprint density at radius 1 is 0.633 bits per heavy atom. The van der Waals surface area contributed by atoms with Crippen molar-refractivity contribution in [2.24, 2.45) is 0 Å². The van der Waals surface area contributed by atoms with E-state index in [0.29, 0.717) is 6.61 Å². The van der Waals surface area contributed by atoms with E-state index in [9.17, 15) is 0 Å². The largest absolute Gasteiger partial charge is 0.378 e. The lowest BCUT2D eigenvalue weighted by atomic mass is 9.79. The van der Waals surface area contributed by atoms with Crippen molar-refractivity contribution in [2.75, 3.05) is 44.6 Å². The molecule has 0 unspecified atom stereocenters. The van der Waals surface area contributed by atoms with E-state index in [1.165, 1.54) is 11.4 Å². The molecule has 30 heavy (non-hydrogen) atoms. The molecule has 0 N–H and O–H groups in total. The van der Waals surface area contributed by atoms with Gasteiger partial charge in [0, 0.05) is 46.2 Å². The molecule has 0 aliphatic rings. The molecule has 3 heteroatoms. The lowest BCUT2D eigenvalue weighted by Gasteiger charge is -2.36. The number of anilines is 2. The highest BCUT2D eigenvalue weighted by atomic mass is 16.5. The first-order valence-corrected chi connectivity index (χ1v) is 10.7. The summed E-state index contributed by atoms with van der Waals surface area (Å²) in [5.74, 6) is 0. The average molecular weight is 403 g/mol. The van der Waals surface area contributed by atoms with Crippen molar-refractivity contribution >= 4 is 11.4 Å². The fourth-order valence-electron chi connectivity index (χ4n) is 3.78. The van der Waals surface area contributed by atoms with Crippen molar-refractivity contribution in [3.8, 4) is 0 Å². The van der Waals surface area contributed by atoms with E-state index >= 15 is 0 Å². The van der Waals surface area contributed by atoms with Gasteiger partial charge < -0.3 is 14.5 Å². The van der Waals surface area contributed by atoms with Gasteiger partial charge in [-0.05, 0) is 47.4 Å². The molecule has 158 valence electrons. The molecule has 0 saturated heterocycles. The van der Waals surface area contributed by atoms with Crippen LogP contribution in [0.25, 0.3) is 0 Å². The minimum absolute atomic E-state index is 0.647. The summed E-state index contributed by atoms with van der Waals surface area (Å²) in [6, 6.07) is 28.1. The van der Waals surface area contributed by atoms with Crippen LogP contribution in [0.3, 0.4) is 0 Å². The number of unbranched alkanes of at least 4 members (excludes halogenated alkanes) is 1. The Kier molecular flexibility index (Phi) is 7.17. The second kappa shape index (κ2) is 9.82. The summed E-state index contributed by atoms with van der Waals surface area (Å²) in [5.41, 5.74) is 5.15.